The molecule has 2 amide bonds. The molecule has 0 aromatic rings. The zero-order valence-electron chi connectivity index (χ0n) is 19.6. The van der Waals surface area contributed by atoms with Crippen molar-refractivity contribution in [2.75, 3.05) is 32.6 Å². The highest BCUT2D eigenvalue weighted by atomic mass is 32.2. The topological polar surface area (TPSA) is 143 Å². The van der Waals surface area contributed by atoms with Crippen LogP contribution in [0.15, 0.2) is 0 Å². The second kappa shape index (κ2) is 13.5. The Kier molecular flexibility index (Phi) is 12.1. The Balaban J connectivity index is 2.60. The number of amides is 2. The number of thioether (sulfide) groups is 1. The summed E-state index contributed by atoms with van der Waals surface area (Å²) in [5, 5.41) is 25.5. The summed E-state index contributed by atoms with van der Waals surface area (Å²) in [5.74, 6) is -1.76. The summed E-state index contributed by atoms with van der Waals surface area (Å²) in [4.78, 5) is 35.6. The number of ether oxygens (including phenoxy) is 3. The Morgan fingerprint density at radius 3 is 2.47 bits per heavy atom. The molecule has 11 heteroatoms. The Morgan fingerprint density at radius 2 is 1.88 bits per heavy atom. The molecule has 1 fully saturated rings. The van der Waals surface area contributed by atoms with Crippen LogP contribution in [0.2, 0.25) is 0 Å². The molecule has 10 nitrogen and oxygen atoms in total. The van der Waals surface area contributed by atoms with E-state index in [4.69, 9.17) is 14.2 Å². The minimum absolute atomic E-state index is 0.00761. The first-order valence-corrected chi connectivity index (χ1v) is 11.8. The molecule has 0 spiro atoms. The third-order valence-corrected chi connectivity index (χ3v) is 5.92. The minimum atomic E-state index is -1.61. The number of hydrogen-bond acceptors (Lipinski definition) is 9. The van der Waals surface area contributed by atoms with Gasteiger partial charge in [-0.1, -0.05) is 32.5 Å². The summed E-state index contributed by atoms with van der Waals surface area (Å²) < 4.78 is 17.1. The average molecular weight is 479 g/mol. The molecule has 0 radical (unpaired) electrons. The van der Waals surface area contributed by atoms with Crippen molar-refractivity contribution >= 4 is 28.7 Å². The van der Waals surface area contributed by atoms with E-state index in [-0.39, 0.29) is 43.4 Å². The maximum Gasteiger partial charge on any atom is 0.285 e. The highest BCUT2D eigenvalue weighted by Gasteiger charge is 2.51. The lowest BCUT2D eigenvalue weighted by molar-refractivity contribution is -0.429. The molecule has 1 aliphatic heterocycles. The van der Waals surface area contributed by atoms with Crippen molar-refractivity contribution in [3.63, 3.8) is 0 Å². The van der Waals surface area contributed by atoms with Gasteiger partial charge < -0.3 is 35.1 Å². The summed E-state index contributed by atoms with van der Waals surface area (Å²) >= 11 is 1.14. The number of carbonyl (C=O) groups is 3. The van der Waals surface area contributed by atoms with Gasteiger partial charge in [-0.05, 0) is 12.8 Å². The highest BCUT2D eigenvalue weighted by Crippen LogP contribution is 2.38. The second-order valence-electron chi connectivity index (χ2n) is 8.55. The van der Waals surface area contributed by atoms with Crippen LogP contribution in [-0.4, -0.2) is 84.0 Å². The van der Waals surface area contributed by atoms with E-state index in [1.165, 1.54) is 14.0 Å². The summed E-state index contributed by atoms with van der Waals surface area (Å²) in [5.41, 5.74) is -0.674. The Bertz CT molecular complexity index is 633. The van der Waals surface area contributed by atoms with Gasteiger partial charge in [0.1, 0.15) is 6.10 Å². The monoisotopic (exact) mass is 478 g/mol. The van der Waals surface area contributed by atoms with Crippen molar-refractivity contribution < 1.29 is 38.8 Å². The molecule has 0 aromatic heterocycles. The van der Waals surface area contributed by atoms with E-state index in [0.29, 0.717) is 18.7 Å². The normalized spacial score (nSPS) is 24.4. The number of nitrogens with one attached hydrogen (secondary N) is 2. The van der Waals surface area contributed by atoms with Crippen LogP contribution in [-0.2, 0) is 28.6 Å². The van der Waals surface area contributed by atoms with Crippen molar-refractivity contribution in [3.8, 4) is 0 Å². The largest absolute Gasteiger partial charge is 0.393 e. The van der Waals surface area contributed by atoms with Gasteiger partial charge in [0.05, 0.1) is 25.2 Å². The van der Waals surface area contributed by atoms with Gasteiger partial charge in [-0.3, -0.25) is 14.4 Å². The average Bonchev–Trinajstić information content (AvgIpc) is 2.72. The van der Waals surface area contributed by atoms with Crippen molar-refractivity contribution in [2.45, 2.75) is 77.7 Å². The van der Waals surface area contributed by atoms with Crippen LogP contribution in [0, 0.1) is 5.41 Å². The van der Waals surface area contributed by atoms with Gasteiger partial charge in [0.15, 0.2) is 5.12 Å². The van der Waals surface area contributed by atoms with E-state index in [9.17, 15) is 24.6 Å². The zero-order chi connectivity index (χ0) is 24.4. The molecule has 0 aromatic carbocycles. The smallest absolute Gasteiger partial charge is 0.285 e. The molecule has 4 N–H and O–H groups in total. The molecule has 4 atom stereocenters. The molecule has 1 saturated heterocycles. The lowest BCUT2D eigenvalue weighted by Gasteiger charge is -2.47. The summed E-state index contributed by atoms with van der Waals surface area (Å²) in [6.45, 7) is 7.54. The van der Waals surface area contributed by atoms with Crippen LogP contribution in [0.1, 0.15) is 53.4 Å². The molecule has 1 rings (SSSR count). The number of aliphatic hydroxyl groups excluding tert-OH is 2. The molecule has 186 valence electrons. The van der Waals surface area contributed by atoms with Gasteiger partial charge in [0, 0.05) is 44.7 Å². The summed E-state index contributed by atoms with van der Waals surface area (Å²) in [7, 11) is 1.37. The first-order chi connectivity index (χ1) is 14.9. The van der Waals surface area contributed by atoms with Gasteiger partial charge in [-0.25, -0.2) is 0 Å². The maximum absolute atomic E-state index is 12.8. The molecule has 1 heterocycles. The quantitative estimate of drug-likeness (QED) is 0.279. The van der Waals surface area contributed by atoms with Gasteiger partial charge in [-0.15, -0.1) is 0 Å². The maximum atomic E-state index is 12.8. The molecule has 0 aliphatic carbocycles. The highest BCUT2D eigenvalue weighted by molar-refractivity contribution is 8.13. The SMILES string of the molecule is CCC(O)CC(O)CC1(OC)OCC(C)(C)[C@H](C(=O)NCCC(=O)NCCSC(C)=O)O1. The van der Waals surface area contributed by atoms with E-state index in [2.05, 4.69) is 10.6 Å². The first kappa shape index (κ1) is 28.8. The van der Waals surface area contributed by atoms with E-state index >= 15 is 0 Å². The summed E-state index contributed by atoms with van der Waals surface area (Å²) in [6, 6.07) is 0. The number of carbonyl (C=O) groups excluding carboxylic acids is 3. The van der Waals surface area contributed by atoms with Crippen LogP contribution in [0.25, 0.3) is 0 Å². The second-order valence-corrected chi connectivity index (χ2v) is 9.82. The van der Waals surface area contributed by atoms with Crippen molar-refractivity contribution in [1.29, 1.82) is 0 Å². The van der Waals surface area contributed by atoms with Gasteiger partial charge >= 0.3 is 0 Å². The predicted molar refractivity (Wildman–Crippen MR) is 120 cm³/mol. The van der Waals surface area contributed by atoms with Crippen LogP contribution in [0.5, 0.6) is 0 Å². The summed E-state index contributed by atoms with van der Waals surface area (Å²) in [6.07, 6.45) is -1.89. The van der Waals surface area contributed by atoms with Crippen LogP contribution >= 0.6 is 11.8 Å². The fraction of sp³-hybridized carbons (Fsp3) is 0.857. The first-order valence-electron chi connectivity index (χ1n) is 10.9. The molecular weight excluding hydrogens is 440 g/mol. The van der Waals surface area contributed by atoms with Gasteiger partial charge in [0.25, 0.3) is 5.97 Å². The van der Waals surface area contributed by atoms with E-state index in [1.807, 2.05) is 20.8 Å². The molecule has 0 bridgehead atoms. The number of aliphatic hydroxyl groups is 2. The van der Waals surface area contributed by atoms with Gasteiger partial charge in [0.2, 0.25) is 11.8 Å². The lowest BCUT2D eigenvalue weighted by atomic mass is 9.85. The third kappa shape index (κ3) is 9.72. The van der Waals surface area contributed by atoms with Crippen molar-refractivity contribution in [3.05, 3.63) is 0 Å². The molecule has 1 aliphatic rings. The number of methoxy groups -OCH3 is 1. The number of rotatable bonds is 13. The molecule has 32 heavy (non-hydrogen) atoms. The fourth-order valence-corrected chi connectivity index (χ4v) is 3.66. The fourth-order valence-electron chi connectivity index (χ4n) is 3.17. The van der Waals surface area contributed by atoms with Crippen LogP contribution < -0.4 is 10.6 Å². The van der Waals surface area contributed by atoms with Crippen LogP contribution in [0.3, 0.4) is 0 Å². The third-order valence-electron chi connectivity index (χ3n) is 5.10. The molecular formula is C21H38N2O8S. The Hall–Kier alpha value is -1.24. The minimum Gasteiger partial charge on any atom is -0.393 e. The van der Waals surface area contributed by atoms with E-state index in [0.717, 1.165) is 11.8 Å². The molecule has 3 unspecified atom stereocenters. The Morgan fingerprint density at radius 1 is 1.19 bits per heavy atom. The standard InChI is InChI=1S/C21H38N2O8S/c1-6-15(25)11-16(26)12-21(29-5)30-13-20(3,4)18(31-21)19(28)23-8-7-17(27)22-9-10-32-14(2)24/h15-16,18,25-26H,6-13H2,1-5H3,(H,22,27)(H,23,28)/t15?,16?,18-,21?/m0/s1. The van der Waals surface area contributed by atoms with E-state index < -0.39 is 35.6 Å². The van der Waals surface area contributed by atoms with Crippen molar-refractivity contribution in [1.82, 2.24) is 10.6 Å². The van der Waals surface area contributed by atoms with Crippen LogP contribution in [0.4, 0.5) is 0 Å². The van der Waals surface area contributed by atoms with Crippen molar-refractivity contribution in [2.24, 2.45) is 5.41 Å². The Labute approximate surface area is 194 Å². The lowest BCUT2D eigenvalue weighted by Crippen LogP contribution is -2.60. The van der Waals surface area contributed by atoms with Gasteiger partial charge in [-0.2, -0.15) is 0 Å². The zero-order valence-corrected chi connectivity index (χ0v) is 20.5. The van der Waals surface area contributed by atoms with E-state index in [1.54, 1.807) is 0 Å². The molecule has 0 saturated carbocycles. The number of hydrogen-bond donors (Lipinski definition) is 4. The predicted octanol–water partition coefficient (Wildman–Crippen LogP) is 0.542.